The zero-order chi connectivity index (χ0) is 18.4. The topological polar surface area (TPSA) is 61.9 Å². The molecule has 1 aliphatic rings. The number of nitrogens with one attached hydrogen (secondary N) is 1. The summed E-state index contributed by atoms with van der Waals surface area (Å²) >= 11 is 0. The van der Waals surface area contributed by atoms with Crippen molar-refractivity contribution in [2.45, 2.75) is 45.2 Å². The van der Waals surface area contributed by atoms with Crippen LogP contribution in [0.3, 0.4) is 0 Å². The van der Waals surface area contributed by atoms with Gasteiger partial charge in [0.2, 0.25) is 0 Å². The molecular formula is C18H31N3O3S. The minimum Gasteiger partial charge on any atom is -0.496 e. The van der Waals surface area contributed by atoms with Crippen LogP contribution in [0.4, 0.5) is 0 Å². The molecule has 1 aliphatic heterocycles. The summed E-state index contributed by atoms with van der Waals surface area (Å²) in [6.45, 7) is 6.01. The Kier molecular flexibility index (Phi) is 7.25. The first-order valence-corrected chi connectivity index (χ1v) is 10.4. The SMILES string of the molecule is COc1ccccc1C(CNS(=O)(=O)N(C)C(C)C)N1CCCCC1. The summed E-state index contributed by atoms with van der Waals surface area (Å²) in [7, 11) is -0.246. The molecule has 1 N–H and O–H groups in total. The van der Waals surface area contributed by atoms with E-state index in [1.807, 2.05) is 38.1 Å². The molecule has 0 saturated carbocycles. The third-order valence-corrected chi connectivity index (χ3v) is 6.61. The molecule has 0 spiro atoms. The van der Waals surface area contributed by atoms with E-state index in [9.17, 15) is 8.42 Å². The van der Waals surface area contributed by atoms with Crippen LogP contribution < -0.4 is 9.46 Å². The van der Waals surface area contributed by atoms with Gasteiger partial charge in [0.1, 0.15) is 5.75 Å². The fourth-order valence-electron chi connectivity index (χ4n) is 3.17. The average molecular weight is 370 g/mol. The Hall–Kier alpha value is -1.15. The molecule has 0 aliphatic carbocycles. The van der Waals surface area contributed by atoms with E-state index in [0.717, 1.165) is 37.2 Å². The van der Waals surface area contributed by atoms with E-state index in [-0.39, 0.29) is 12.1 Å². The van der Waals surface area contributed by atoms with Gasteiger partial charge in [-0.1, -0.05) is 24.6 Å². The van der Waals surface area contributed by atoms with Crippen molar-refractivity contribution in [3.63, 3.8) is 0 Å². The highest BCUT2D eigenvalue weighted by atomic mass is 32.2. The fourth-order valence-corrected chi connectivity index (χ4v) is 4.30. The highest BCUT2D eigenvalue weighted by Crippen LogP contribution is 2.31. The molecule has 7 heteroatoms. The van der Waals surface area contributed by atoms with Gasteiger partial charge in [-0.2, -0.15) is 12.7 Å². The van der Waals surface area contributed by atoms with E-state index in [1.54, 1.807) is 14.2 Å². The number of rotatable bonds is 8. The van der Waals surface area contributed by atoms with E-state index in [4.69, 9.17) is 4.74 Å². The van der Waals surface area contributed by atoms with Crippen molar-refractivity contribution in [3.05, 3.63) is 29.8 Å². The van der Waals surface area contributed by atoms with E-state index in [1.165, 1.54) is 10.7 Å². The smallest absolute Gasteiger partial charge is 0.279 e. The normalized spacial score (nSPS) is 17.8. The molecule has 0 aromatic heterocycles. The Bertz CT molecular complexity index is 643. The Labute approximate surface area is 152 Å². The van der Waals surface area contributed by atoms with Crippen molar-refractivity contribution in [2.24, 2.45) is 0 Å². The van der Waals surface area contributed by atoms with Crippen LogP contribution in [0.2, 0.25) is 0 Å². The van der Waals surface area contributed by atoms with Gasteiger partial charge in [0.15, 0.2) is 0 Å². The molecular weight excluding hydrogens is 338 g/mol. The Morgan fingerprint density at radius 3 is 2.44 bits per heavy atom. The standard InChI is InChI=1S/C18H31N3O3S/c1-15(2)20(3)25(22,23)19-14-17(21-12-8-5-9-13-21)16-10-6-7-11-18(16)24-4/h6-7,10-11,15,17,19H,5,8-9,12-14H2,1-4H3. The van der Waals surface area contributed by atoms with E-state index >= 15 is 0 Å². The van der Waals surface area contributed by atoms with Gasteiger partial charge in [0.25, 0.3) is 10.2 Å². The van der Waals surface area contributed by atoms with Crippen molar-refractivity contribution in [1.29, 1.82) is 0 Å². The van der Waals surface area contributed by atoms with Gasteiger partial charge >= 0.3 is 0 Å². The van der Waals surface area contributed by atoms with Gasteiger partial charge in [-0.25, -0.2) is 4.72 Å². The van der Waals surface area contributed by atoms with E-state index in [0.29, 0.717) is 6.54 Å². The molecule has 25 heavy (non-hydrogen) atoms. The molecule has 1 aromatic carbocycles. The zero-order valence-electron chi connectivity index (χ0n) is 15.7. The Morgan fingerprint density at radius 1 is 1.20 bits per heavy atom. The lowest BCUT2D eigenvalue weighted by molar-refractivity contribution is 0.161. The van der Waals surface area contributed by atoms with Crippen molar-refractivity contribution in [3.8, 4) is 5.75 Å². The summed E-state index contributed by atoms with van der Waals surface area (Å²) in [6.07, 6.45) is 3.52. The number of benzene rings is 1. The quantitative estimate of drug-likeness (QED) is 0.764. The molecule has 1 fully saturated rings. The van der Waals surface area contributed by atoms with Crippen molar-refractivity contribution < 1.29 is 13.2 Å². The van der Waals surface area contributed by atoms with E-state index < -0.39 is 10.2 Å². The molecule has 1 atom stereocenters. The molecule has 1 unspecified atom stereocenters. The van der Waals surface area contributed by atoms with Gasteiger partial charge in [-0.3, -0.25) is 4.90 Å². The summed E-state index contributed by atoms with van der Waals surface area (Å²) < 4.78 is 34.7. The number of ether oxygens (including phenoxy) is 1. The van der Waals surface area contributed by atoms with Crippen LogP contribution in [0.25, 0.3) is 0 Å². The lowest BCUT2D eigenvalue weighted by Crippen LogP contribution is -2.46. The molecule has 0 amide bonds. The average Bonchev–Trinajstić information content (AvgIpc) is 2.62. The molecule has 1 heterocycles. The van der Waals surface area contributed by atoms with Gasteiger partial charge in [-0.05, 0) is 45.8 Å². The number of hydrogen-bond acceptors (Lipinski definition) is 4. The van der Waals surface area contributed by atoms with Crippen LogP contribution >= 0.6 is 0 Å². The summed E-state index contributed by atoms with van der Waals surface area (Å²) in [6, 6.07) is 7.75. The molecule has 1 saturated heterocycles. The second-order valence-electron chi connectivity index (χ2n) is 6.82. The second-order valence-corrected chi connectivity index (χ2v) is 8.63. The molecule has 6 nitrogen and oxygen atoms in total. The van der Waals surface area contributed by atoms with Gasteiger partial charge in [0.05, 0.1) is 13.2 Å². The third-order valence-electron chi connectivity index (χ3n) is 4.89. The third kappa shape index (κ3) is 5.17. The lowest BCUT2D eigenvalue weighted by Gasteiger charge is -2.36. The first kappa shape index (κ1) is 20.2. The molecule has 1 aromatic rings. The minimum atomic E-state index is -3.50. The highest BCUT2D eigenvalue weighted by molar-refractivity contribution is 7.87. The second kappa shape index (κ2) is 8.98. The minimum absolute atomic E-state index is 0.0354. The van der Waals surface area contributed by atoms with Crippen molar-refractivity contribution in [1.82, 2.24) is 13.9 Å². The number of hydrogen-bond donors (Lipinski definition) is 1. The van der Waals surface area contributed by atoms with Crippen molar-refractivity contribution >= 4 is 10.2 Å². The van der Waals surface area contributed by atoms with Crippen LogP contribution in [0.1, 0.15) is 44.7 Å². The molecule has 2 rings (SSSR count). The largest absolute Gasteiger partial charge is 0.496 e. The maximum absolute atomic E-state index is 12.5. The maximum atomic E-state index is 12.5. The van der Waals surface area contributed by atoms with Crippen molar-refractivity contribution in [2.75, 3.05) is 33.8 Å². The predicted octanol–water partition coefficient (Wildman–Crippen LogP) is 2.40. The zero-order valence-corrected chi connectivity index (χ0v) is 16.6. The number of likely N-dealkylation sites (tertiary alicyclic amines) is 1. The first-order chi connectivity index (χ1) is 11.9. The fraction of sp³-hybridized carbons (Fsp3) is 0.667. The highest BCUT2D eigenvalue weighted by Gasteiger charge is 2.28. The molecule has 0 radical (unpaired) electrons. The lowest BCUT2D eigenvalue weighted by atomic mass is 10.0. The van der Waals surface area contributed by atoms with Gasteiger partial charge in [-0.15, -0.1) is 0 Å². The van der Waals surface area contributed by atoms with Crippen LogP contribution in [-0.2, 0) is 10.2 Å². The van der Waals surface area contributed by atoms with Crippen LogP contribution in [-0.4, -0.2) is 57.5 Å². The number of piperidine rings is 1. The summed E-state index contributed by atoms with van der Waals surface area (Å²) in [5, 5.41) is 0. The summed E-state index contributed by atoms with van der Waals surface area (Å²) in [5.74, 6) is 0.800. The number of para-hydroxylation sites is 1. The predicted molar refractivity (Wildman–Crippen MR) is 101 cm³/mol. The molecule has 0 bridgehead atoms. The van der Waals surface area contributed by atoms with E-state index in [2.05, 4.69) is 9.62 Å². The van der Waals surface area contributed by atoms with Crippen LogP contribution in [0, 0.1) is 0 Å². The molecule has 142 valence electrons. The van der Waals surface area contributed by atoms with Crippen LogP contribution in [0.5, 0.6) is 5.75 Å². The maximum Gasteiger partial charge on any atom is 0.279 e. The number of methoxy groups -OCH3 is 1. The Morgan fingerprint density at radius 2 is 1.84 bits per heavy atom. The first-order valence-electron chi connectivity index (χ1n) is 8.96. The monoisotopic (exact) mass is 369 g/mol. The van der Waals surface area contributed by atoms with Gasteiger partial charge in [0, 0.05) is 25.2 Å². The summed E-state index contributed by atoms with van der Waals surface area (Å²) in [5.41, 5.74) is 1.03. The van der Waals surface area contributed by atoms with Crippen LogP contribution in [0.15, 0.2) is 24.3 Å². The Balaban J connectivity index is 2.23. The number of nitrogens with zero attached hydrogens (tertiary/aromatic N) is 2. The summed E-state index contributed by atoms with van der Waals surface area (Å²) in [4.78, 5) is 2.36. The van der Waals surface area contributed by atoms with Gasteiger partial charge < -0.3 is 4.74 Å².